The number of hydrogen-bond donors (Lipinski definition) is 0. The number of hydrogen-bond acceptors (Lipinski definition) is 5. The van der Waals surface area contributed by atoms with Crippen molar-refractivity contribution in [2.24, 2.45) is 0 Å². The van der Waals surface area contributed by atoms with Crippen molar-refractivity contribution in [2.75, 3.05) is 20.1 Å². The fourth-order valence-corrected chi connectivity index (χ4v) is 5.38. The molecule has 0 spiro atoms. The van der Waals surface area contributed by atoms with Gasteiger partial charge in [0.15, 0.2) is 0 Å². The molecule has 1 saturated heterocycles. The summed E-state index contributed by atoms with van der Waals surface area (Å²) in [5.41, 5.74) is -0.168. The highest BCUT2D eigenvalue weighted by Crippen LogP contribution is 2.63. The Morgan fingerprint density at radius 3 is 2.44 bits per heavy atom. The molecule has 1 aromatic rings. The number of piperidine rings is 1. The van der Waals surface area contributed by atoms with Gasteiger partial charge in [0.25, 0.3) is 0 Å². The number of ether oxygens (including phenoxy) is 1. The Morgan fingerprint density at radius 1 is 1.32 bits per heavy atom. The van der Waals surface area contributed by atoms with Crippen molar-refractivity contribution in [3.05, 3.63) is 34.3 Å². The van der Waals surface area contributed by atoms with Gasteiger partial charge >= 0.3 is 11.5 Å². The van der Waals surface area contributed by atoms with Crippen LogP contribution in [0.3, 0.4) is 0 Å². The number of halogens is 3. The van der Waals surface area contributed by atoms with Crippen LogP contribution >= 0.6 is 10.0 Å². The van der Waals surface area contributed by atoms with Crippen LogP contribution in [0.5, 0.6) is 0 Å². The zero-order valence-corrected chi connectivity index (χ0v) is 14.7. The Kier molecular flexibility index (Phi) is 4.72. The summed E-state index contributed by atoms with van der Waals surface area (Å²) in [5, 5.41) is 6.21. The maximum atomic E-state index is 13.0. The van der Waals surface area contributed by atoms with E-state index in [1.807, 2.05) is 7.05 Å². The molecule has 0 N–H and O–H groups in total. The van der Waals surface area contributed by atoms with Gasteiger partial charge in [0.1, 0.15) is 11.1 Å². The second-order valence-corrected chi connectivity index (χ2v) is 8.86. The minimum atomic E-state index is -4.65. The lowest BCUT2D eigenvalue weighted by atomic mass is 10.1. The Morgan fingerprint density at radius 2 is 1.92 bits per heavy atom. The first kappa shape index (κ1) is 18.1. The lowest BCUT2D eigenvalue weighted by Gasteiger charge is -2.33. The minimum Gasteiger partial charge on any atom is -0.455 e. The average molecular weight is 376 g/mol. The summed E-state index contributed by atoms with van der Waals surface area (Å²) in [5.74, 6) is -1.17. The second-order valence-electron chi connectivity index (χ2n) is 6.18. The van der Waals surface area contributed by atoms with Crippen LogP contribution in [-0.4, -0.2) is 41.6 Å². The van der Waals surface area contributed by atoms with E-state index in [1.165, 1.54) is 6.92 Å². The highest BCUT2D eigenvalue weighted by molar-refractivity contribution is 8.49. The highest BCUT2D eigenvalue weighted by Gasteiger charge is 2.45. The molecule has 0 amide bonds. The Hall–Kier alpha value is -1.74. The molecule has 3 heterocycles. The molecule has 2 aliphatic rings. The van der Waals surface area contributed by atoms with Gasteiger partial charge in [-0.2, -0.15) is 13.2 Å². The molecule has 3 rings (SSSR count). The zero-order valence-electron chi connectivity index (χ0n) is 13.9. The monoisotopic (exact) mass is 376 g/mol. The summed E-state index contributed by atoms with van der Waals surface area (Å²) in [7, 11) is -0.552. The van der Waals surface area contributed by atoms with Crippen molar-refractivity contribution in [2.45, 2.75) is 37.1 Å². The molecular weight excluding hydrogens is 357 g/mol. The molecular formula is C16H19F3N2O3S. The molecule has 9 heteroatoms. The van der Waals surface area contributed by atoms with Crippen LogP contribution in [0, 0.1) is 6.92 Å². The van der Waals surface area contributed by atoms with Gasteiger partial charge in [0.05, 0.1) is 0 Å². The van der Waals surface area contributed by atoms with Crippen molar-refractivity contribution in [1.29, 1.82) is 0 Å². The molecule has 0 atom stereocenters. The molecule has 0 unspecified atom stereocenters. The maximum absolute atomic E-state index is 13.0. The summed E-state index contributed by atoms with van der Waals surface area (Å²) in [6.07, 6.45) is -0.211. The van der Waals surface area contributed by atoms with Crippen LogP contribution in [0.2, 0.25) is 0 Å². The number of aromatic nitrogens is 1. The van der Waals surface area contributed by atoms with Gasteiger partial charge in [0, 0.05) is 18.7 Å². The Bertz CT molecular complexity index is 707. The van der Waals surface area contributed by atoms with Crippen LogP contribution in [0.4, 0.5) is 18.0 Å². The number of alkyl halides is 3. The molecule has 0 aromatic carbocycles. The average Bonchev–Trinajstić information content (AvgIpc) is 3.16. The number of carbonyl (C=O) groups is 1. The number of nitrogens with zero attached hydrogens (tertiary/aromatic N) is 2. The first-order valence-corrected chi connectivity index (χ1v) is 9.61. The predicted molar refractivity (Wildman–Crippen MR) is 87.4 cm³/mol. The van der Waals surface area contributed by atoms with Gasteiger partial charge in [-0.05, 0) is 37.6 Å². The third-order valence-corrected chi connectivity index (χ3v) is 7.20. The SMILES string of the molecule is Cc1c(S2(C(=O)OC3CCN(C)CC3)C=CC=C2)noc1C(F)(F)F. The van der Waals surface area contributed by atoms with E-state index in [0.717, 1.165) is 13.1 Å². The third kappa shape index (κ3) is 3.35. The van der Waals surface area contributed by atoms with Crippen molar-refractivity contribution in [1.82, 2.24) is 10.1 Å². The molecule has 1 aromatic heterocycles. The number of likely N-dealkylation sites (tertiary alicyclic amines) is 1. The first-order chi connectivity index (χ1) is 11.7. The zero-order chi connectivity index (χ0) is 18.2. The van der Waals surface area contributed by atoms with Crippen LogP contribution in [0.15, 0.2) is 32.5 Å². The minimum absolute atomic E-state index is 0.00255. The second kappa shape index (κ2) is 6.53. The van der Waals surface area contributed by atoms with Gasteiger partial charge in [-0.1, -0.05) is 27.3 Å². The van der Waals surface area contributed by atoms with Crippen molar-refractivity contribution in [3.63, 3.8) is 0 Å². The Labute approximate surface area is 144 Å². The van der Waals surface area contributed by atoms with E-state index in [0.29, 0.717) is 12.8 Å². The van der Waals surface area contributed by atoms with Crippen LogP contribution < -0.4 is 0 Å². The van der Waals surface area contributed by atoms with Crippen molar-refractivity contribution < 1.29 is 27.2 Å². The summed E-state index contributed by atoms with van der Waals surface area (Å²) in [6, 6.07) is 0. The fourth-order valence-electron chi connectivity index (χ4n) is 2.92. The summed E-state index contributed by atoms with van der Waals surface area (Å²) in [4.78, 5) is 15.0. The van der Waals surface area contributed by atoms with Crippen molar-refractivity contribution in [3.8, 4) is 0 Å². The van der Waals surface area contributed by atoms with Crippen LogP contribution in [-0.2, 0) is 10.9 Å². The van der Waals surface area contributed by atoms with Crippen molar-refractivity contribution >= 4 is 15.3 Å². The van der Waals surface area contributed by atoms with Crippen LogP contribution in [0.1, 0.15) is 24.2 Å². The Balaban J connectivity index is 1.88. The molecule has 0 saturated carbocycles. The number of rotatable bonds is 2. The predicted octanol–water partition coefficient (Wildman–Crippen LogP) is 4.44. The van der Waals surface area contributed by atoms with E-state index < -0.39 is 27.3 Å². The smallest absolute Gasteiger partial charge is 0.452 e. The quantitative estimate of drug-likeness (QED) is 0.715. The molecule has 0 bridgehead atoms. The standard InChI is InChI=1S/C16H19F3N2O3S/c1-11-13(16(17,18)19)24-20-14(11)25(9-3-4-10-25)15(22)23-12-5-7-21(2)8-6-12/h3-4,9-10,12H,5-8H2,1-2H3. The van der Waals surface area contributed by atoms with E-state index in [1.54, 1.807) is 23.0 Å². The first-order valence-electron chi connectivity index (χ1n) is 7.85. The molecule has 1 fully saturated rings. The molecule has 138 valence electrons. The van der Waals surface area contributed by atoms with E-state index in [4.69, 9.17) is 4.74 Å². The molecule has 5 nitrogen and oxygen atoms in total. The topological polar surface area (TPSA) is 55.6 Å². The third-order valence-electron chi connectivity index (χ3n) is 4.36. The number of allylic oxidation sites excluding steroid dienone is 2. The van der Waals surface area contributed by atoms with Gasteiger partial charge in [-0.3, -0.25) is 0 Å². The maximum Gasteiger partial charge on any atom is 0.452 e. The van der Waals surface area contributed by atoms with E-state index >= 15 is 0 Å². The van der Waals surface area contributed by atoms with Gasteiger partial charge in [-0.15, -0.1) is 0 Å². The fraction of sp³-hybridized carbons (Fsp3) is 0.500. The molecule has 0 radical (unpaired) electrons. The van der Waals surface area contributed by atoms with Gasteiger partial charge in [-0.25, -0.2) is 4.79 Å². The van der Waals surface area contributed by atoms with E-state index in [9.17, 15) is 18.0 Å². The van der Waals surface area contributed by atoms with Gasteiger partial charge < -0.3 is 14.2 Å². The van der Waals surface area contributed by atoms with Crippen LogP contribution in [0.25, 0.3) is 0 Å². The highest BCUT2D eigenvalue weighted by atomic mass is 32.3. The number of carbonyl (C=O) groups excluding carboxylic acids is 1. The summed E-state index contributed by atoms with van der Waals surface area (Å²) < 4.78 is 49.2. The largest absolute Gasteiger partial charge is 0.455 e. The van der Waals surface area contributed by atoms with E-state index in [-0.39, 0.29) is 16.7 Å². The lowest BCUT2D eigenvalue weighted by molar-refractivity contribution is -0.156. The molecule has 25 heavy (non-hydrogen) atoms. The summed E-state index contributed by atoms with van der Waals surface area (Å²) in [6.45, 7) is 2.90. The van der Waals surface area contributed by atoms with Gasteiger partial charge in [0.2, 0.25) is 5.76 Å². The summed E-state index contributed by atoms with van der Waals surface area (Å²) >= 11 is 0. The normalized spacial score (nSPS) is 22.3. The molecule has 2 aliphatic heterocycles. The lowest BCUT2D eigenvalue weighted by Crippen LogP contribution is -2.35. The van der Waals surface area contributed by atoms with E-state index in [2.05, 4.69) is 14.6 Å². The molecule has 0 aliphatic carbocycles.